The molecule has 0 unspecified atom stereocenters. The molecule has 0 fully saturated rings. The van der Waals surface area contributed by atoms with E-state index in [0.717, 1.165) is 11.3 Å². The van der Waals surface area contributed by atoms with Crippen molar-refractivity contribution in [1.82, 2.24) is 5.32 Å². The van der Waals surface area contributed by atoms with Gasteiger partial charge < -0.3 is 20.5 Å². The summed E-state index contributed by atoms with van der Waals surface area (Å²) in [4.78, 5) is 11.5. The van der Waals surface area contributed by atoms with E-state index in [4.69, 9.17) is 15.2 Å². The summed E-state index contributed by atoms with van der Waals surface area (Å²) >= 11 is 0. The number of carbonyl (C=O) groups excluding carboxylic acids is 1. The Hall–Kier alpha value is -1.46. The first-order valence-corrected chi connectivity index (χ1v) is 5.63. The van der Waals surface area contributed by atoms with E-state index in [0.29, 0.717) is 18.7 Å². The number of amides is 1. The van der Waals surface area contributed by atoms with Crippen molar-refractivity contribution in [1.29, 1.82) is 0 Å². The molecule has 1 amide bonds. The van der Waals surface area contributed by atoms with Crippen molar-refractivity contribution in [2.45, 2.75) is 25.9 Å². The molecule has 0 aliphatic carbocycles. The Morgan fingerprint density at radius 3 is 3.00 bits per heavy atom. The molecule has 100 valence electrons. The fourth-order valence-electron chi connectivity index (χ4n) is 1.63. The van der Waals surface area contributed by atoms with Crippen LogP contribution in [0.3, 0.4) is 0 Å². The number of rotatable bonds is 4. The van der Waals surface area contributed by atoms with Gasteiger partial charge in [-0.25, -0.2) is 0 Å². The predicted octanol–water partition coefficient (Wildman–Crippen LogP) is 1.19. The lowest BCUT2D eigenvalue weighted by atomic mass is 10.1. The standard InChI is InChI=1S/C12H16N2O3.ClH/c1-2-9(13)12(15)14-6-8-4-3-5-10-11(8)17-7-16-10;/h3-5,9H,2,6-7,13H2,1H3,(H,14,15);1H/t9-;/m0./s1. The second-order valence-electron chi connectivity index (χ2n) is 3.88. The highest BCUT2D eigenvalue weighted by molar-refractivity contribution is 5.85. The normalized spacial score (nSPS) is 13.7. The van der Waals surface area contributed by atoms with Crippen molar-refractivity contribution < 1.29 is 14.3 Å². The van der Waals surface area contributed by atoms with E-state index in [-0.39, 0.29) is 25.1 Å². The van der Waals surface area contributed by atoms with Gasteiger partial charge in [-0.05, 0) is 12.5 Å². The second kappa shape index (κ2) is 6.47. The van der Waals surface area contributed by atoms with Gasteiger partial charge in [0.1, 0.15) is 0 Å². The highest BCUT2D eigenvalue weighted by atomic mass is 35.5. The van der Waals surface area contributed by atoms with Crippen molar-refractivity contribution >= 4 is 18.3 Å². The molecule has 1 atom stereocenters. The summed E-state index contributed by atoms with van der Waals surface area (Å²) in [5, 5.41) is 2.78. The molecule has 18 heavy (non-hydrogen) atoms. The van der Waals surface area contributed by atoms with E-state index in [1.807, 2.05) is 25.1 Å². The number of benzene rings is 1. The first-order valence-electron chi connectivity index (χ1n) is 5.63. The lowest BCUT2D eigenvalue weighted by molar-refractivity contribution is -0.122. The Morgan fingerprint density at radius 1 is 1.50 bits per heavy atom. The van der Waals surface area contributed by atoms with Gasteiger partial charge >= 0.3 is 0 Å². The Kier molecular flexibility index (Phi) is 5.25. The summed E-state index contributed by atoms with van der Waals surface area (Å²) < 4.78 is 10.6. The van der Waals surface area contributed by atoms with Gasteiger partial charge in [-0.1, -0.05) is 19.1 Å². The zero-order chi connectivity index (χ0) is 12.3. The monoisotopic (exact) mass is 272 g/mol. The molecule has 1 aliphatic rings. The predicted molar refractivity (Wildman–Crippen MR) is 69.9 cm³/mol. The topological polar surface area (TPSA) is 73.6 Å². The number of carbonyl (C=O) groups is 1. The summed E-state index contributed by atoms with van der Waals surface area (Å²) in [5.41, 5.74) is 6.53. The molecule has 0 radical (unpaired) electrons. The number of ether oxygens (including phenoxy) is 2. The third kappa shape index (κ3) is 3.05. The molecule has 6 heteroatoms. The van der Waals surface area contributed by atoms with E-state index in [9.17, 15) is 4.79 Å². The summed E-state index contributed by atoms with van der Waals surface area (Å²) in [6.45, 7) is 2.51. The molecule has 3 N–H and O–H groups in total. The minimum atomic E-state index is -0.455. The minimum absolute atomic E-state index is 0. The highest BCUT2D eigenvalue weighted by Crippen LogP contribution is 2.35. The van der Waals surface area contributed by atoms with Gasteiger partial charge in [0.2, 0.25) is 12.7 Å². The lowest BCUT2D eigenvalue weighted by Crippen LogP contribution is -2.39. The van der Waals surface area contributed by atoms with E-state index in [1.54, 1.807) is 0 Å². The number of hydrogen-bond acceptors (Lipinski definition) is 4. The molecule has 2 rings (SSSR count). The van der Waals surface area contributed by atoms with Crippen LogP contribution in [0.15, 0.2) is 18.2 Å². The van der Waals surface area contributed by atoms with E-state index < -0.39 is 6.04 Å². The van der Waals surface area contributed by atoms with Gasteiger partial charge in [-0.2, -0.15) is 0 Å². The summed E-state index contributed by atoms with van der Waals surface area (Å²) in [5.74, 6) is 1.28. The summed E-state index contributed by atoms with van der Waals surface area (Å²) in [6, 6.07) is 5.15. The SMILES string of the molecule is CC[C@H](N)C(=O)NCc1cccc2c1OCO2.Cl. The smallest absolute Gasteiger partial charge is 0.237 e. The zero-order valence-electron chi connectivity index (χ0n) is 10.1. The van der Waals surface area contributed by atoms with Crippen molar-refractivity contribution in [3.8, 4) is 11.5 Å². The van der Waals surface area contributed by atoms with Crippen LogP contribution < -0.4 is 20.5 Å². The largest absolute Gasteiger partial charge is 0.454 e. The zero-order valence-corrected chi connectivity index (χ0v) is 11.0. The van der Waals surface area contributed by atoms with Crippen LogP contribution in [0.5, 0.6) is 11.5 Å². The van der Waals surface area contributed by atoms with Crippen LogP contribution in [0.4, 0.5) is 0 Å². The molecule has 5 nitrogen and oxygen atoms in total. The number of halogens is 1. The minimum Gasteiger partial charge on any atom is -0.454 e. The van der Waals surface area contributed by atoms with Gasteiger partial charge in [0.15, 0.2) is 11.5 Å². The number of para-hydroxylation sites is 1. The first kappa shape index (κ1) is 14.6. The second-order valence-corrected chi connectivity index (χ2v) is 3.88. The lowest BCUT2D eigenvalue weighted by Gasteiger charge is -2.11. The Labute approximate surface area is 112 Å². The molecule has 0 saturated heterocycles. The summed E-state index contributed by atoms with van der Waals surface area (Å²) in [6.07, 6.45) is 0.623. The average Bonchev–Trinajstić information content (AvgIpc) is 2.83. The van der Waals surface area contributed by atoms with Crippen LogP contribution in [-0.4, -0.2) is 18.7 Å². The first-order chi connectivity index (χ1) is 8.22. The van der Waals surface area contributed by atoms with Crippen molar-refractivity contribution in [2.75, 3.05) is 6.79 Å². The van der Waals surface area contributed by atoms with Gasteiger partial charge in [-0.15, -0.1) is 12.4 Å². The number of nitrogens with two attached hydrogens (primary N) is 1. The van der Waals surface area contributed by atoms with E-state index in [1.165, 1.54) is 0 Å². The fourth-order valence-corrected chi connectivity index (χ4v) is 1.63. The molecule has 1 heterocycles. The van der Waals surface area contributed by atoms with E-state index in [2.05, 4.69) is 5.32 Å². The van der Waals surface area contributed by atoms with Crippen molar-refractivity contribution in [3.05, 3.63) is 23.8 Å². The molecule has 1 aromatic rings. The van der Waals surface area contributed by atoms with Gasteiger partial charge in [0.05, 0.1) is 6.04 Å². The van der Waals surface area contributed by atoms with Crippen LogP contribution in [0.25, 0.3) is 0 Å². The van der Waals surface area contributed by atoms with Crippen LogP contribution in [-0.2, 0) is 11.3 Å². The van der Waals surface area contributed by atoms with Gasteiger partial charge in [-0.3, -0.25) is 4.79 Å². The fraction of sp³-hybridized carbons (Fsp3) is 0.417. The quantitative estimate of drug-likeness (QED) is 0.864. The van der Waals surface area contributed by atoms with Crippen LogP contribution >= 0.6 is 12.4 Å². The molecule has 0 saturated carbocycles. The molecule has 1 aromatic carbocycles. The third-order valence-corrected chi connectivity index (χ3v) is 2.71. The van der Waals surface area contributed by atoms with Crippen LogP contribution in [0.2, 0.25) is 0 Å². The Bertz CT molecular complexity index is 426. The highest BCUT2D eigenvalue weighted by Gasteiger charge is 2.18. The summed E-state index contributed by atoms with van der Waals surface area (Å²) in [7, 11) is 0. The number of hydrogen-bond donors (Lipinski definition) is 2. The molecular weight excluding hydrogens is 256 g/mol. The molecule has 0 aromatic heterocycles. The number of fused-ring (bicyclic) bond motifs is 1. The van der Waals surface area contributed by atoms with Gasteiger partial charge in [0, 0.05) is 12.1 Å². The van der Waals surface area contributed by atoms with Crippen LogP contribution in [0.1, 0.15) is 18.9 Å². The third-order valence-electron chi connectivity index (χ3n) is 2.71. The van der Waals surface area contributed by atoms with Crippen molar-refractivity contribution in [3.63, 3.8) is 0 Å². The average molecular weight is 273 g/mol. The maximum atomic E-state index is 11.5. The maximum absolute atomic E-state index is 11.5. The van der Waals surface area contributed by atoms with Gasteiger partial charge in [0.25, 0.3) is 0 Å². The maximum Gasteiger partial charge on any atom is 0.237 e. The molecule has 0 spiro atoms. The number of nitrogens with one attached hydrogen (secondary N) is 1. The molecule has 0 bridgehead atoms. The van der Waals surface area contributed by atoms with Crippen molar-refractivity contribution in [2.24, 2.45) is 5.73 Å². The molecule has 1 aliphatic heterocycles. The Morgan fingerprint density at radius 2 is 2.28 bits per heavy atom. The Balaban J connectivity index is 0.00000162. The molecular formula is C12H17ClN2O3. The van der Waals surface area contributed by atoms with E-state index >= 15 is 0 Å². The van der Waals surface area contributed by atoms with Crippen LogP contribution in [0, 0.1) is 0 Å².